The number of aryl methyl sites for hydroxylation is 1. The minimum absolute atomic E-state index is 0. The van der Waals surface area contributed by atoms with Crippen molar-refractivity contribution in [2.45, 2.75) is 19.9 Å². The van der Waals surface area contributed by atoms with Crippen LogP contribution in [-0.4, -0.2) is 53.4 Å². The van der Waals surface area contributed by atoms with E-state index >= 15 is 0 Å². The van der Waals surface area contributed by atoms with E-state index in [2.05, 4.69) is 36.4 Å². The van der Waals surface area contributed by atoms with E-state index in [9.17, 15) is 0 Å². The minimum atomic E-state index is 0. The van der Waals surface area contributed by atoms with Crippen LogP contribution < -0.4 is 10.2 Å². The van der Waals surface area contributed by atoms with Crippen molar-refractivity contribution in [2.75, 3.05) is 38.1 Å². The average Bonchev–Trinajstić information content (AvgIpc) is 3.13. The summed E-state index contributed by atoms with van der Waals surface area (Å²) in [4.78, 5) is 13.6. The van der Waals surface area contributed by atoms with Gasteiger partial charge in [-0.1, -0.05) is 30.7 Å². The van der Waals surface area contributed by atoms with E-state index < -0.39 is 0 Å². The molecule has 2 heterocycles. The molecule has 1 aliphatic rings. The van der Waals surface area contributed by atoms with Gasteiger partial charge in [0.1, 0.15) is 5.82 Å². The average molecular weight is 507 g/mol. The molecule has 1 saturated heterocycles. The fourth-order valence-electron chi connectivity index (χ4n) is 2.74. The highest BCUT2D eigenvalue weighted by atomic mass is 127. The van der Waals surface area contributed by atoms with Crippen LogP contribution in [0.15, 0.2) is 29.3 Å². The van der Waals surface area contributed by atoms with Crippen molar-refractivity contribution in [2.24, 2.45) is 4.99 Å². The predicted molar refractivity (Wildman–Crippen MR) is 120 cm³/mol. The molecule has 0 radical (unpaired) electrons. The summed E-state index contributed by atoms with van der Waals surface area (Å²) in [5.41, 5.74) is 1.19. The molecule has 9 heteroatoms. The number of nitrogens with one attached hydrogen (secondary N) is 1. The maximum Gasteiger partial charge on any atom is 0.205 e. The molecule has 1 aliphatic heterocycles. The monoisotopic (exact) mass is 506 g/mol. The topological polar surface area (TPSA) is 56.7 Å². The Balaban J connectivity index is 0.00000243. The van der Waals surface area contributed by atoms with Crippen LogP contribution in [0, 0.1) is 0 Å². The van der Waals surface area contributed by atoms with Gasteiger partial charge in [-0.2, -0.15) is 4.37 Å². The molecule has 0 atom stereocenters. The number of hydrogen-bond acceptors (Lipinski definition) is 5. The minimum Gasteiger partial charge on any atom is -0.352 e. The summed E-state index contributed by atoms with van der Waals surface area (Å²) >= 11 is 7.43. The van der Waals surface area contributed by atoms with Gasteiger partial charge in [-0.3, -0.25) is 4.99 Å². The molecule has 0 bridgehead atoms. The van der Waals surface area contributed by atoms with Crippen molar-refractivity contribution in [3.05, 3.63) is 40.7 Å². The van der Waals surface area contributed by atoms with E-state index in [4.69, 9.17) is 11.6 Å². The zero-order valence-corrected chi connectivity index (χ0v) is 18.9. The van der Waals surface area contributed by atoms with Crippen LogP contribution in [0.3, 0.4) is 0 Å². The number of aliphatic imine (C=N–C) groups is 1. The SMILES string of the molecule is CCc1nsc(N2CCN(C(=NC)NCc3ccc(Cl)cc3)CC2)n1.I. The summed E-state index contributed by atoms with van der Waals surface area (Å²) in [7, 11) is 1.83. The second-order valence-corrected chi connectivity index (χ2v) is 7.01. The lowest BCUT2D eigenvalue weighted by atomic mass is 10.2. The molecule has 6 nitrogen and oxygen atoms in total. The summed E-state index contributed by atoms with van der Waals surface area (Å²) in [6.45, 7) is 6.52. The number of nitrogens with zero attached hydrogens (tertiary/aromatic N) is 5. The van der Waals surface area contributed by atoms with Crippen molar-refractivity contribution in [1.82, 2.24) is 19.6 Å². The lowest BCUT2D eigenvalue weighted by Crippen LogP contribution is -2.52. The van der Waals surface area contributed by atoms with Gasteiger partial charge in [0, 0.05) is 62.7 Å². The molecule has 1 aromatic heterocycles. The quantitative estimate of drug-likeness (QED) is 0.392. The van der Waals surface area contributed by atoms with Gasteiger partial charge < -0.3 is 15.1 Å². The molecule has 2 aromatic rings. The highest BCUT2D eigenvalue weighted by molar-refractivity contribution is 14.0. The zero-order valence-electron chi connectivity index (χ0n) is 15.0. The number of piperazine rings is 1. The highest BCUT2D eigenvalue weighted by Gasteiger charge is 2.21. The van der Waals surface area contributed by atoms with E-state index in [0.717, 1.165) is 61.1 Å². The molecule has 26 heavy (non-hydrogen) atoms. The van der Waals surface area contributed by atoms with Gasteiger partial charge in [-0.25, -0.2) is 4.98 Å². The number of aromatic nitrogens is 2. The molecular weight excluding hydrogens is 483 g/mol. The normalized spacial score (nSPS) is 15.0. The molecule has 0 aliphatic carbocycles. The van der Waals surface area contributed by atoms with Crippen LogP contribution in [0.1, 0.15) is 18.3 Å². The van der Waals surface area contributed by atoms with Crippen molar-refractivity contribution in [1.29, 1.82) is 0 Å². The molecule has 1 fully saturated rings. The first kappa shape index (κ1) is 21.2. The summed E-state index contributed by atoms with van der Waals surface area (Å²) in [5, 5.41) is 5.22. The van der Waals surface area contributed by atoms with E-state index in [1.165, 1.54) is 17.1 Å². The fraction of sp³-hybridized carbons (Fsp3) is 0.471. The fourth-order valence-corrected chi connectivity index (χ4v) is 3.67. The Morgan fingerprint density at radius 3 is 2.50 bits per heavy atom. The van der Waals surface area contributed by atoms with E-state index in [1.54, 1.807) is 0 Å². The van der Waals surface area contributed by atoms with Gasteiger partial charge >= 0.3 is 0 Å². The van der Waals surface area contributed by atoms with E-state index in [-0.39, 0.29) is 24.0 Å². The number of guanidine groups is 1. The maximum atomic E-state index is 5.93. The Kier molecular flexibility index (Phi) is 8.36. The highest BCUT2D eigenvalue weighted by Crippen LogP contribution is 2.19. The smallest absolute Gasteiger partial charge is 0.205 e. The van der Waals surface area contributed by atoms with Gasteiger partial charge in [-0.15, -0.1) is 24.0 Å². The molecule has 1 N–H and O–H groups in total. The van der Waals surface area contributed by atoms with Crippen LogP contribution in [0.25, 0.3) is 0 Å². The first-order chi connectivity index (χ1) is 12.2. The Morgan fingerprint density at radius 1 is 1.23 bits per heavy atom. The van der Waals surface area contributed by atoms with Crippen molar-refractivity contribution in [3.8, 4) is 0 Å². The van der Waals surface area contributed by atoms with Gasteiger partial charge in [-0.05, 0) is 17.7 Å². The Labute approximate surface area is 180 Å². The first-order valence-corrected chi connectivity index (χ1v) is 9.62. The lowest BCUT2D eigenvalue weighted by Gasteiger charge is -2.36. The van der Waals surface area contributed by atoms with Crippen molar-refractivity contribution >= 4 is 58.2 Å². The molecule has 0 amide bonds. The Hall–Kier alpha value is -1.13. The molecule has 0 unspecified atom stereocenters. The number of halogens is 2. The van der Waals surface area contributed by atoms with Crippen LogP contribution >= 0.6 is 47.1 Å². The molecule has 142 valence electrons. The van der Waals surface area contributed by atoms with Crippen molar-refractivity contribution in [3.63, 3.8) is 0 Å². The predicted octanol–water partition coefficient (Wildman–Crippen LogP) is 3.27. The third-order valence-electron chi connectivity index (χ3n) is 4.20. The summed E-state index contributed by atoms with van der Waals surface area (Å²) in [6.07, 6.45) is 0.887. The summed E-state index contributed by atoms with van der Waals surface area (Å²) in [5.74, 6) is 1.86. The Bertz CT molecular complexity index is 712. The largest absolute Gasteiger partial charge is 0.352 e. The number of anilines is 1. The van der Waals surface area contributed by atoms with Crippen LogP contribution in [0.5, 0.6) is 0 Å². The molecule has 0 spiro atoms. The number of hydrogen-bond donors (Lipinski definition) is 1. The summed E-state index contributed by atoms with van der Waals surface area (Å²) < 4.78 is 4.38. The lowest BCUT2D eigenvalue weighted by molar-refractivity contribution is 0.372. The zero-order chi connectivity index (χ0) is 17.6. The van der Waals surface area contributed by atoms with Gasteiger partial charge in [0.15, 0.2) is 5.96 Å². The van der Waals surface area contributed by atoms with Crippen molar-refractivity contribution < 1.29 is 0 Å². The van der Waals surface area contributed by atoms with Crippen LogP contribution in [0.4, 0.5) is 5.13 Å². The third kappa shape index (κ3) is 5.43. The second kappa shape index (κ2) is 10.3. The third-order valence-corrected chi connectivity index (χ3v) is 5.27. The molecular formula is C17H24ClIN6S. The molecule has 3 rings (SSSR count). The van der Waals surface area contributed by atoms with Crippen LogP contribution in [-0.2, 0) is 13.0 Å². The first-order valence-electron chi connectivity index (χ1n) is 8.47. The number of benzene rings is 1. The molecule has 0 saturated carbocycles. The number of rotatable bonds is 4. The van der Waals surface area contributed by atoms with Crippen LogP contribution in [0.2, 0.25) is 5.02 Å². The summed E-state index contributed by atoms with van der Waals surface area (Å²) in [6, 6.07) is 7.88. The molecule has 1 aromatic carbocycles. The van der Waals surface area contributed by atoms with E-state index in [1.807, 2.05) is 31.3 Å². The standard InChI is InChI=1S/C17H23ClN6S.HI/c1-3-15-21-17(25-22-15)24-10-8-23(9-11-24)16(19-2)20-12-13-4-6-14(18)7-5-13;/h4-7H,3,8-12H2,1-2H3,(H,19,20);1H. The van der Waals surface area contributed by atoms with Gasteiger partial charge in [0.2, 0.25) is 5.13 Å². The second-order valence-electron chi connectivity index (χ2n) is 5.85. The maximum absolute atomic E-state index is 5.93. The van der Waals surface area contributed by atoms with Gasteiger partial charge in [0.25, 0.3) is 0 Å². The van der Waals surface area contributed by atoms with E-state index in [0.29, 0.717) is 0 Å². The van der Waals surface area contributed by atoms with Gasteiger partial charge in [0.05, 0.1) is 0 Å². The Morgan fingerprint density at radius 2 is 1.92 bits per heavy atom.